The molecule has 1 aromatic heterocycles. The molecule has 3 nitrogen and oxygen atoms in total. The molecule has 0 bridgehead atoms. The first-order valence-corrected chi connectivity index (χ1v) is 5.58. The molecule has 0 unspecified atom stereocenters. The average Bonchev–Trinajstić information content (AvgIpc) is 2.79. The molecule has 1 N–H and O–H groups in total. The summed E-state index contributed by atoms with van der Waals surface area (Å²) in [6.45, 7) is 2.16. The zero-order valence-electron chi connectivity index (χ0n) is 9.43. The Balaban J connectivity index is 2.20. The summed E-state index contributed by atoms with van der Waals surface area (Å²) in [5.41, 5.74) is 3.07. The van der Waals surface area contributed by atoms with Gasteiger partial charge in [0.05, 0.1) is 18.0 Å². The third-order valence-electron chi connectivity index (χ3n) is 2.55. The van der Waals surface area contributed by atoms with Crippen molar-refractivity contribution in [3.8, 4) is 5.69 Å². The predicted octanol–water partition coefficient (Wildman–Crippen LogP) is 2.32. The Bertz CT molecular complexity index is 445. The molecule has 0 aliphatic heterocycles. The van der Waals surface area contributed by atoms with Crippen molar-refractivity contribution in [1.82, 2.24) is 9.78 Å². The lowest BCUT2D eigenvalue weighted by molar-refractivity contribution is 0.276. The second-order valence-electron chi connectivity index (χ2n) is 3.83. The summed E-state index contributed by atoms with van der Waals surface area (Å²) in [7, 11) is 0. The Labute approximate surface area is 95.3 Å². The maximum absolute atomic E-state index is 8.94. The number of aliphatic hydroxyl groups excluding tert-OH is 1. The number of nitrogens with zero attached hydrogens (tertiary/aromatic N) is 2. The maximum Gasteiger partial charge on any atom is 0.0883 e. The minimum Gasteiger partial charge on any atom is -0.390 e. The van der Waals surface area contributed by atoms with Crippen LogP contribution in [-0.4, -0.2) is 14.9 Å². The van der Waals surface area contributed by atoms with Crippen LogP contribution in [-0.2, 0) is 13.0 Å². The van der Waals surface area contributed by atoms with E-state index in [1.165, 1.54) is 5.56 Å². The summed E-state index contributed by atoms with van der Waals surface area (Å²) < 4.78 is 1.78. The van der Waals surface area contributed by atoms with Crippen LogP contribution < -0.4 is 0 Å². The van der Waals surface area contributed by atoms with E-state index in [1.807, 2.05) is 12.3 Å². The third-order valence-corrected chi connectivity index (χ3v) is 2.55. The fraction of sp³-hybridized carbons (Fsp3) is 0.308. The van der Waals surface area contributed by atoms with Gasteiger partial charge in [0.25, 0.3) is 0 Å². The van der Waals surface area contributed by atoms with Crippen LogP contribution in [0.5, 0.6) is 0 Å². The number of aromatic nitrogens is 2. The molecule has 3 heteroatoms. The van der Waals surface area contributed by atoms with Crippen LogP contribution in [0.3, 0.4) is 0 Å². The standard InChI is InChI=1S/C13H16N2O/c1-2-3-11-4-6-13(7-5-11)15-9-8-12(10-16)14-15/h4-9,16H,2-3,10H2,1H3. The first-order valence-electron chi connectivity index (χ1n) is 5.58. The van der Waals surface area contributed by atoms with Gasteiger partial charge in [0.15, 0.2) is 0 Å². The van der Waals surface area contributed by atoms with Crippen LogP contribution in [0.25, 0.3) is 5.69 Å². The highest BCUT2D eigenvalue weighted by Gasteiger charge is 2.00. The molecule has 2 aromatic rings. The average molecular weight is 216 g/mol. The maximum atomic E-state index is 8.94. The quantitative estimate of drug-likeness (QED) is 0.851. The highest BCUT2D eigenvalue weighted by Crippen LogP contribution is 2.11. The van der Waals surface area contributed by atoms with Gasteiger partial charge in [-0.2, -0.15) is 5.10 Å². The van der Waals surface area contributed by atoms with Crippen molar-refractivity contribution in [2.24, 2.45) is 0 Å². The zero-order valence-corrected chi connectivity index (χ0v) is 9.43. The summed E-state index contributed by atoms with van der Waals surface area (Å²) in [6, 6.07) is 10.2. The van der Waals surface area contributed by atoms with Crippen LogP contribution in [0.1, 0.15) is 24.6 Å². The van der Waals surface area contributed by atoms with Gasteiger partial charge in [0, 0.05) is 6.20 Å². The van der Waals surface area contributed by atoms with Gasteiger partial charge in [0.2, 0.25) is 0 Å². The Kier molecular flexibility index (Phi) is 3.37. The first kappa shape index (κ1) is 10.9. The number of rotatable bonds is 4. The molecule has 0 fully saturated rings. The van der Waals surface area contributed by atoms with Crippen LogP contribution >= 0.6 is 0 Å². The Morgan fingerprint density at radius 3 is 2.50 bits per heavy atom. The highest BCUT2D eigenvalue weighted by atomic mass is 16.3. The monoisotopic (exact) mass is 216 g/mol. The molecular formula is C13H16N2O. The summed E-state index contributed by atoms with van der Waals surface area (Å²) >= 11 is 0. The van der Waals surface area contributed by atoms with Gasteiger partial charge >= 0.3 is 0 Å². The van der Waals surface area contributed by atoms with E-state index in [0.29, 0.717) is 5.69 Å². The van der Waals surface area contributed by atoms with Crippen molar-refractivity contribution < 1.29 is 5.11 Å². The fourth-order valence-electron chi connectivity index (χ4n) is 1.69. The number of benzene rings is 1. The molecule has 2 rings (SSSR count). The van der Waals surface area contributed by atoms with E-state index < -0.39 is 0 Å². The largest absolute Gasteiger partial charge is 0.390 e. The topological polar surface area (TPSA) is 38.0 Å². The summed E-state index contributed by atoms with van der Waals surface area (Å²) in [5.74, 6) is 0. The number of hydrogen-bond acceptors (Lipinski definition) is 2. The number of aryl methyl sites for hydroxylation is 1. The van der Waals surface area contributed by atoms with E-state index in [4.69, 9.17) is 5.11 Å². The normalized spacial score (nSPS) is 10.6. The lowest BCUT2D eigenvalue weighted by Gasteiger charge is -2.03. The summed E-state index contributed by atoms with van der Waals surface area (Å²) in [5, 5.41) is 13.2. The molecule has 0 aliphatic carbocycles. The number of aliphatic hydroxyl groups is 1. The molecule has 0 atom stereocenters. The molecule has 0 radical (unpaired) electrons. The van der Waals surface area contributed by atoms with E-state index in [0.717, 1.165) is 18.5 Å². The fourth-order valence-corrected chi connectivity index (χ4v) is 1.69. The van der Waals surface area contributed by atoms with Crippen LogP contribution in [0, 0.1) is 0 Å². The molecule has 1 heterocycles. The van der Waals surface area contributed by atoms with Gasteiger partial charge in [-0.1, -0.05) is 25.5 Å². The van der Waals surface area contributed by atoms with Gasteiger partial charge < -0.3 is 5.11 Å². The van der Waals surface area contributed by atoms with E-state index in [1.54, 1.807) is 4.68 Å². The molecule has 0 saturated carbocycles. The van der Waals surface area contributed by atoms with Gasteiger partial charge in [-0.3, -0.25) is 0 Å². The Morgan fingerprint density at radius 1 is 1.19 bits per heavy atom. The van der Waals surface area contributed by atoms with Crippen molar-refractivity contribution >= 4 is 0 Å². The summed E-state index contributed by atoms with van der Waals surface area (Å²) in [6.07, 6.45) is 4.14. The Morgan fingerprint density at radius 2 is 1.94 bits per heavy atom. The van der Waals surface area contributed by atoms with Crippen LogP contribution in [0.2, 0.25) is 0 Å². The Hall–Kier alpha value is -1.61. The molecule has 0 saturated heterocycles. The third kappa shape index (κ3) is 2.31. The van der Waals surface area contributed by atoms with Gasteiger partial charge in [0.1, 0.15) is 0 Å². The van der Waals surface area contributed by atoms with E-state index in [9.17, 15) is 0 Å². The smallest absolute Gasteiger partial charge is 0.0883 e. The predicted molar refractivity (Wildman–Crippen MR) is 63.5 cm³/mol. The van der Waals surface area contributed by atoms with E-state index >= 15 is 0 Å². The summed E-state index contributed by atoms with van der Waals surface area (Å²) in [4.78, 5) is 0. The molecule has 1 aromatic carbocycles. The SMILES string of the molecule is CCCc1ccc(-n2ccc(CO)n2)cc1. The second kappa shape index (κ2) is 4.94. The van der Waals surface area contributed by atoms with Crippen molar-refractivity contribution in [1.29, 1.82) is 0 Å². The number of hydrogen-bond donors (Lipinski definition) is 1. The van der Waals surface area contributed by atoms with Crippen molar-refractivity contribution in [3.63, 3.8) is 0 Å². The van der Waals surface area contributed by atoms with Crippen molar-refractivity contribution in [3.05, 3.63) is 47.8 Å². The van der Waals surface area contributed by atoms with E-state index in [2.05, 4.69) is 36.3 Å². The first-order chi connectivity index (χ1) is 7.83. The highest BCUT2D eigenvalue weighted by molar-refractivity contribution is 5.34. The minimum atomic E-state index is -0.0130. The second-order valence-corrected chi connectivity index (χ2v) is 3.83. The molecule has 84 valence electrons. The van der Waals surface area contributed by atoms with Crippen LogP contribution in [0.15, 0.2) is 36.5 Å². The minimum absolute atomic E-state index is 0.0130. The van der Waals surface area contributed by atoms with E-state index in [-0.39, 0.29) is 6.61 Å². The van der Waals surface area contributed by atoms with Crippen molar-refractivity contribution in [2.75, 3.05) is 0 Å². The van der Waals surface area contributed by atoms with Gasteiger partial charge in [-0.15, -0.1) is 0 Å². The molecule has 0 amide bonds. The lowest BCUT2D eigenvalue weighted by Crippen LogP contribution is -1.96. The van der Waals surface area contributed by atoms with Crippen molar-refractivity contribution in [2.45, 2.75) is 26.4 Å². The van der Waals surface area contributed by atoms with Gasteiger partial charge in [-0.25, -0.2) is 4.68 Å². The molecule has 16 heavy (non-hydrogen) atoms. The van der Waals surface area contributed by atoms with Gasteiger partial charge in [-0.05, 0) is 30.2 Å². The van der Waals surface area contributed by atoms with Crippen LogP contribution in [0.4, 0.5) is 0 Å². The molecule has 0 spiro atoms. The lowest BCUT2D eigenvalue weighted by atomic mass is 10.1. The molecule has 0 aliphatic rings. The molecular weight excluding hydrogens is 200 g/mol. The zero-order chi connectivity index (χ0) is 11.4.